The van der Waals surface area contributed by atoms with E-state index in [1.54, 1.807) is 0 Å². The van der Waals surface area contributed by atoms with E-state index in [1.165, 1.54) is 5.56 Å². The molecule has 0 saturated carbocycles. The number of guanidine groups is 1. The molecule has 1 saturated heterocycles. The molecule has 2 heterocycles. The summed E-state index contributed by atoms with van der Waals surface area (Å²) >= 11 is 0. The molecule has 0 radical (unpaired) electrons. The van der Waals surface area contributed by atoms with Crippen molar-refractivity contribution in [3.8, 4) is 0 Å². The van der Waals surface area contributed by atoms with Crippen molar-refractivity contribution in [3.63, 3.8) is 0 Å². The molecule has 6 nitrogen and oxygen atoms in total. The number of aliphatic imine (C=N–C) groups is 1. The number of aromatic nitrogens is 1. The highest BCUT2D eigenvalue weighted by Gasteiger charge is 2.34. The molecule has 1 aromatic heterocycles. The van der Waals surface area contributed by atoms with Crippen LogP contribution < -0.4 is 10.6 Å². The number of aliphatic hydroxyl groups excluding tert-OH is 1. The highest BCUT2D eigenvalue weighted by Crippen LogP contribution is 2.32. The van der Waals surface area contributed by atoms with Crippen LogP contribution in [0, 0.1) is 11.3 Å². The molecule has 0 amide bonds. The van der Waals surface area contributed by atoms with Gasteiger partial charge < -0.3 is 20.5 Å². The fourth-order valence-corrected chi connectivity index (χ4v) is 3.42. The number of hydrogen-bond acceptors (Lipinski definition) is 4. The van der Waals surface area contributed by atoms with Crippen LogP contribution in [0.3, 0.4) is 0 Å². The van der Waals surface area contributed by atoms with E-state index in [4.69, 9.17) is 9.73 Å². The van der Waals surface area contributed by atoms with Gasteiger partial charge in [0.25, 0.3) is 0 Å². The number of nitrogens with zero attached hydrogens (tertiary/aromatic N) is 2. The van der Waals surface area contributed by atoms with Gasteiger partial charge in [0, 0.05) is 50.0 Å². The van der Waals surface area contributed by atoms with Gasteiger partial charge in [0.1, 0.15) is 0 Å². The Balaban J connectivity index is 2.02. The molecule has 3 N–H and O–H groups in total. The second kappa shape index (κ2) is 10.5. The van der Waals surface area contributed by atoms with E-state index in [2.05, 4.69) is 42.5 Å². The lowest BCUT2D eigenvalue weighted by atomic mass is 9.84. The first kappa shape index (κ1) is 20.6. The van der Waals surface area contributed by atoms with Gasteiger partial charge in [-0.15, -0.1) is 0 Å². The molecule has 1 fully saturated rings. The van der Waals surface area contributed by atoms with Crippen molar-refractivity contribution < 1.29 is 9.84 Å². The third kappa shape index (κ3) is 5.95. The van der Waals surface area contributed by atoms with Crippen molar-refractivity contribution in [2.75, 3.05) is 39.5 Å². The highest BCUT2D eigenvalue weighted by atomic mass is 16.5. The average Bonchev–Trinajstić information content (AvgIpc) is 3.09. The summed E-state index contributed by atoms with van der Waals surface area (Å²) in [4.78, 5) is 9.06. The van der Waals surface area contributed by atoms with E-state index in [0.29, 0.717) is 25.0 Å². The van der Waals surface area contributed by atoms with Gasteiger partial charge >= 0.3 is 0 Å². The third-order valence-electron chi connectivity index (χ3n) is 5.15. The normalized spacial score (nSPS) is 21.8. The van der Waals surface area contributed by atoms with Crippen LogP contribution in [0.5, 0.6) is 0 Å². The van der Waals surface area contributed by atoms with E-state index in [0.717, 1.165) is 38.5 Å². The Morgan fingerprint density at radius 3 is 2.85 bits per heavy atom. The van der Waals surface area contributed by atoms with Crippen LogP contribution in [0.25, 0.3) is 0 Å². The monoisotopic (exact) mass is 362 g/mol. The minimum Gasteiger partial charge on any atom is -0.396 e. The van der Waals surface area contributed by atoms with Gasteiger partial charge in [-0.1, -0.05) is 19.9 Å². The number of hydrogen-bond donors (Lipinski definition) is 3. The molecule has 0 aliphatic carbocycles. The zero-order valence-corrected chi connectivity index (χ0v) is 16.4. The molecule has 2 atom stereocenters. The SMILES string of the molecule is CCNC(=NCC1(CCO)CCOC1)NCC(c1cccnc1)C(C)C. The van der Waals surface area contributed by atoms with Crippen LogP contribution in [0.15, 0.2) is 29.5 Å². The molecule has 1 aliphatic rings. The van der Waals surface area contributed by atoms with Gasteiger partial charge in [0.05, 0.1) is 13.2 Å². The number of pyridine rings is 1. The van der Waals surface area contributed by atoms with Crippen LogP contribution in [-0.4, -0.2) is 55.5 Å². The molecule has 2 unspecified atom stereocenters. The minimum absolute atomic E-state index is 0.0299. The predicted molar refractivity (Wildman–Crippen MR) is 105 cm³/mol. The molecule has 6 heteroatoms. The van der Waals surface area contributed by atoms with Crippen LogP contribution in [-0.2, 0) is 4.74 Å². The summed E-state index contributed by atoms with van der Waals surface area (Å²) in [6, 6.07) is 4.12. The van der Waals surface area contributed by atoms with Crippen LogP contribution in [0.1, 0.15) is 45.1 Å². The number of ether oxygens (including phenoxy) is 1. The summed E-state index contributed by atoms with van der Waals surface area (Å²) in [5.74, 6) is 1.69. The van der Waals surface area contributed by atoms with Crippen LogP contribution in [0.2, 0.25) is 0 Å². The Labute approximate surface area is 157 Å². The molecule has 1 aromatic rings. The van der Waals surface area contributed by atoms with Gasteiger partial charge in [-0.2, -0.15) is 0 Å². The van der Waals surface area contributed by atoms with E-state index < -0.39 is 0 Å². The molecule has 1 aliphatic heterocycles. The van der Waals surface area contributed by atoms with Gasteiger partial charge in [-0.05, 0) is 37.3 Å². The average molecular weight is 363 g/mol. The lowest BCUT2D eigenvalue weighted by molar-refractivity contribution is 0.131. The topological polar surface area (TPSA) is 78.8 Å². The Kier molecular flexibility index (Phi) is 8.32. The molecular weight excluding hydrogens is 328 g/mol. The van der Waals surface area contributed by atoms with Crippen molar-refractivity contribution in [1.82, 2.24) is 15.6 Å². The first-order valence-corrected chi connectivity index (χ1v) is 9.71. The molecule has 2 rings (SSSR count). The molecule has 26 heavy (non-hydrogen) atoms. The summed E-state index contributed by atoms with van der Waals surface area (Å²) in [5.41, 5.74) is 1.21. The zero-order valence-electron chi connectivity index (χ0n) is 16.4. The van der Waals surface area contributed by atoms with Gasteiger partial charge in [0.15, 0.2) is 5.96 Å². The predicted octanol–water partition coefficient (Wildman–Crippen LogP) is 2.17. The quantitative estimate of drug-likeness (QED) is 0.463. The van der Waals surface area contributed by atoms with Gasteiger partial charge in [-0.25, -0.2) is 0 Å². The van der Waals surface area contributed by atoms with Crippen molar-refractivity contribution >= 4 is 5.96 Å². The maximum absolute atomic E-state index is 9.38. The summed E-state index contributed by atoms with van der Waals surface area (Å²) in [6.07, 6.45) is 5.45. The fourth-order valence-electron chi connectivity index (χ4n) is 3.42. The minimum atomic E-state index is -0.0299. The lowest BCUT2D eigenvalue weighted by Crippen LogP contribution is -2.41. The lowest BCUT2D eigenvalue weighted by Gasteiger charge is -2.26. The third-order valence-corrected chi connectivity index (χ3v) is 5.15. The van der Waals surface area contributed by atoms with Crippen LogP contribution >= 0.6 is 0 Å². The smallest absolute Gasteiger partial charge is 0.191 e. The Hall–Kier alpha value is -1.66. The zero-order chi connectivity index (χ0) is 18.8. The summed E-state index contributed by atoms with van der Waals surface area (Å²) in [7, 11) is 0. The summed E-state index contributed by atoms with van der Waals surface area (Å²) < 4.78 is 5.56. The Morgan fingerprint density at radius 2 is 2.27 bits per heavy atom. The maximum atomic E-state index is 9.38. The number of nitrogens with one attached hydrogen (secondary N) is 2. The van der Waals surface area contributed by atoms with Crippen molar-refractivity contribution in [2.24, 2.45) is 16.3 Å². The Bertz CT molecular complexity index is 542. The molecule has 0 bridgehead atoms. The highest BCUT2D eigenvalue weighted by molar-refractivity contribution is 5.79. The van der Waals surface area contributed by atoms with E-state index in [9.17, 15) is 5.11 Å². The standard InChI is InChI=1S/C20H34N4O2/c1-4-22-19(24-14-20(7-10-25)8-11-26-15-20)23-13-18(16(2)3)17-6-5-9-21-12-17/h5-6,9,12,16,18,25H,4,7-8,10-11,13-15H2,1-3H3,(H2,22,23,24). The first-order valence-electron chi connectivity index (χ1n) is 9.71. The van der Waals surface area contributed by atoms with Crippen molar-refractivity contribution in [3.05, 3.63) is 30.1 Å². The van der Waals surface area contributed by atoms with E-state index in [1.807, 2.05) is 18.5 Å². The second-order valence-electron chi connectivity index (χ2n) is 7.49. The largest absolute Gasteiger partial charge is 0.396 e. The number of aliphatic hydroxyl groups is 1. The summed E-state index contributed by atoms with van der Waals surface area (Å²) in [6.45, 7) is 10.4. The molecule has 146 valence electrons. The van der Waals surface area contributed by atoms with Crippen molar-refractivity contribution in [2.45, 2.75) is 39.5 Å². The van der Waals surface area contributed by atoms with Crippen LogP contribution in [0.4, 0.5) is 0 Å². The molecule has 0 aromatic carbocycles. The van der Waals surface area contributed by atoms with E-state index in [-0.39, 0.29) is 12.0 Å². The second-order valence-corrected chi connectivity index (χ2v) is 7.49. The molecular formula is C20H34N4O2. The molecule has 0 spiro atoms. The fraction of sp³-hybridized carbons (Fsp3) is 0.700. The Morgan fingerprint density at radius 1 is 1.42 bits per heavy atom. The summed E-state index contributed by atoms with van der Waals surface area (Å²) in [5, 5.41) is 16.2. The number of rotatable bonds is 9. The van der Waals surface area contributed by atoms with Gasteiger partial charge in [0.2, 0.25) is 0 Å². The maximum Gasteiger partial charge on any atom is 0.191 e. The first-order chi connectivity index (χ1) is 12.6. The van der Waals surface area contributed by atoms with Crippen molar-refractivity contribution in [1.29, 1.82) is 0 Å². The van der Waals surface area contributed by atoms with Gasteiger partial charge in [-0.3, -0.25) is 9.98 Å². The van der Waals surface area contributed by atoms with E-state index >= 15 is 0 Å².